The van der Waals surface area contributed by atoms with Crippen LogP contribution < -0.4 is 4.74 Å². The Morgan fingerprint density at radius 2 is 1.85 bits per heavy atom. The summed E-state index contributed by atoms with van der Waals surface area (Å²) in [5, 5.41) is 1.05. The van der Waals surface area contributed by atoms with Gasteiger partial charge in [-0.15, -0.1) is 13.2 Å². The standard InChI is InChI=1S/C19H11ClF4N2O/c1-10-9-11(21)5-6-14(10)26-8-7-13-17(26)12-3-2-4-15(27-19(22,23)24)16(12)25-18(13)20/h2-9H,1H3. The largest absolute Gasteiger partial charge is 0.573 e. The van der Waals surface area contributed by atoms with Crippen molar-refractivity contribution in [3.05, 3.63) is 65.2 Å². The summed E-state index contributed by atoms with van der Waals surface area (Å²) in [6, 6.07) is 10.3. The third-order valence-electron chi connectivity index (χ3n) is 4.22. The number of hydrogen-bond donors (Lipinski definition) is 0. The number of rotatable bonds is 2. The van der Waals surface area contributed by atoms with Gasteiger partial charge >= 0.3 is 6.36 Å². The highest BCUT2D eigenvalue weighted by Gasteiger charge is 2.32. The van der Waals surface area contributed by atoms with Crippen LogP contribution in [0.3, 0.4) is 0 Å². The van der Waals surface area contributed by atoms with E-state index in [1.165, 1.54) is 24.3 Å². The summed E-state index contributed by atoms with van der Waals surface area (Å²) in [6.45, 7) is 1.74. The molecule has 0 N–H and O–H groups in total. The first kappa shape index (κ1) is 17.6. The molecule has 138 valence electrons. The summed E-state index contributed by atoms with van der Waals surface area (Å²) >= 11 is 6.22. The first-order chi connectivity index (χ1) is 12.7. The quantitative estimate of drug-likeness (QED) is 0.300. The Morgan fingerprint density at radius 1 is 1.07 bits per heavy atom. The van der Waals surface area contributed by atoms with Gasteiger partial charge in [-0.05, 0) is 42.8 Å². The summed E-state index contributed by atoms with van der Waals surface area (Å²) in [5.41, 5.74) is 1.90. The number of halogens is 5. The molecule has 2 heterocycles. The predicted octanol–water partition coefficient (Wildman–Crippen LogP) is 6.18. The molecule has 27 heavy (non-hydrogen) atoms. The zero-order valence-electron chi connectivity index (χ0n) is 13.8. The van der Waals surface area contributed by atoms with E-state index in [1.54, 1.807) is 35.9 Å². The first-order valence-corrected chi connectivity index (χ1v) is 8.24. The molecule has 0 unspecified atom stereocenters. The van der Waals surface area contributed by atoms with Gasteiger partial charge in [0.25, 0.3) is 0 Å². The Morgan fingerprint density at radius 3 is 2.56 bits per heavy atom. The second kappa shape index (κ2) is 6.13. The first-order valence-electron chi connectivity index (χ1n) is 7.86. The number of fused-ring (bicyclic) bond motifs is 3. The van der Waals surface area contributed by atoms with Crippen molar-refractivity contribution in [2.24, 2.45) is 0 Å². The molecule has 8 heteroatoms. The van der Waals surface area contributed by atoms with Crippen LogP contribution in [0.1, 0.15) is 5.56 Å². The van der Waals surface area contributed by atoms with Crippen molar-refractivity contribution in [3.63, 3.8) is 0 Å². The molecule has 0 aliphatic heterocycles. The fraction of sp³-hybridized carbons (Fsp3) is 0.105. The second-order valence-corrected chi connectivity index (χ2v) is 6.34. The van der Waals surface area contributed by atoms with Crippen LogP contribution in [0.25, 0.3) is 27.5 Å². The van der Waals surface area contributed by atoms with Crippen molar-refractivity contribution in [3.8, 4) is 11.4 Å². The minimum Gasteiger partial charge on any atom is -0.403 e. The van der Waals surface area contributed by atoms with Gasteiger partial charge in [-0.2, -0.15) is 0 Å². The number of pyridine rings is 1. The summed E-state index contributed by atoms with van der Waals surface area (Å²) in [6.07, 6.45) is -3.14. The number of hydrogen-bond acceptors (Lipinski definition) is 2. The van der Waals surface area contributed by atoms with Crippen molar-refractivity contribution >= 4 is 33.4 Å². The predicted molar refractivity (Wildman–Crippen MR) is 95.0 cm³/mol. The van der Waals surface area contributed by atoms with E-state index in [2.05, 4.69) is 9.72 Å². The van der Waals surface area contributed by atoms with Crippen LogP contribution in [0.2, 0.25) is 5.15 Å². The number of aryl methyl sites for hydroxylation is 1. The number of nitrogens with zero attached hydrogens (tertiary/aromatic N) is 2. The molecule has 0 radical (unpaired) electrons. The Hall–Kier alpha value is -2.80. The zero-order valence-corrected chi connectivity index (χ0v) is 14.6. The van der Waals surface area contributed by atoms with Crippen LogP contribution in [0, 0.1) is 12.7 Å². The molecule has 0 aliphatic carbocycles. The fourth-order valence-corrected chi connectivity index (χ4v) is 3.39. The van der Waals surface area contributed by atoms with E-state index in [0.29, 0.717) is 27.5 Å². The van der Waals surface area contributed by atoms with E-state index >= 15 is 0 Å². The van der Waals surface area contributed by atoms with E-state index in [9.17, 15) is 17.6 Å². The number of aromatic nitrogens is 2. The zero-order chi connectivity index (χ0) is 19.3. The molecule has 0 aliphatic rings. The van der Waals surface area contributed by atoms with E-state index < -0.39 is 12.1 Å². The van der Waals surface area contributed by atoms with Crippen LogP contribution in [0.4, 0.5) is 17.6 Å². The maximum Gasteiger partial charge on any atom is 0.573 e. The van der Waals surface area contributed by atoms with Gasteiger partial charge in [-0.3, -0.25) is 0 Å². The third-order valence-corrected chi connectivity index (χ3v) is 4.50. The molecule has 4 rings (SSSR count). The molecule has 2 aromatic carbocycles. The molecule has 0 bridgehead atoms. The summed E-state index contributed by atoms with van der Waals surface area (Å²) in [4.78, 5) is 4.10. The van der Waals surface area contributed by atoms with Gasteiger partial charge in [0.2, 0.25) is 0 Å². The number of benzene rings is 2. The van der Waals surface area contributed by atoms with E-state index in [1.807, 2.05) is 0 Å². The Labute approximate surface area is 155 Å². The summed E-state index contributed by atoms with van der Waals surface area (Å²) in [5.74, 6) is -0.814. The number of alkyl halides is 3. The van der Waals surface area contributed by atoms with Crippen LogP contribution in [-0.2, 0) is 0 Å². The Balaban J connectivity index is 2.06. The van der Waals surface area contributed by atoms with Crippen molar-refractivity contribution in [1.82, 2.24) is 9.55 Å². The minimum atomic E-state index is -4.85. The highest BCUT2D eigenvalue weighted by Crippen LogP contribution is 2.37. The molecule has 0 fully saturated rings. The van der Waals surface area contributed by atoms with Crippen molar-refractivity contribution in [2.45, 2.75) is 13.3 Å². The molecule has 0 saturated carbocycles. The molecule has 0 amide bonds. The lowest BCUT2D eigenvalue weighted by atomic mass is 10.1. The van der Waals surface area contributed by atoms with Gasteiger partial charge in [0.05, 0.1) is 5.52 Å². The van der Waals surface area contributed by atoms with Gasteiger partial charge in [-0.1, -0.05) is 23.7 Å². The fourth-order valence-electron chi connectivity index (χ4n) is 3.16. The third kappa shape index (κ3) is 3.08. The molecule has 0 spiro atoms. The lowest BCUT2D eigenvalue weighted by Crippen LogP contribution is -2.17. The monoisotopic (exact) mass is 394 g/mol. The van der Waals surface area contributed by atoms with E-state index in [-0.39, 0.29) is 16.5 Å². The number of para-hydroxylation sites is 1. The average Bonchev–Trinajstić information content (AvgIpc) is 3.00. The average molecular weight is 395 g/mol. The molecular weight excluding hydrogens is 384 g/mol. The maximum absolute atomic E-state index is 13.5. The van der Waals surface area contributed by atoms with Crippen molar-refractivity contribution in [2.75, 3.05) is 0 Å². The molecule has 4 aromatic rings. The lowest BCUT2D eigenvalue weighted by Gasteiger charge is -2.14. The SMILES string of the molecule is Cc1cc(F)ccc1-n1ccc2c(Cl)nc3c(OC(F)(F)F)cccc3c21. The Bertz CT molecular complexity index is 1180. The Kier molecular flexibility index (Phi) is 3.99. The topological polar surface area (TPSA) is 27.1 Å². The van der Waals surface area contributed by atoms with Crippen LogP contribution >= 0.6 is 11.6 Å². The minimum absolute atomic E-state index is 0.00737. The van der Waals surface area contributed by atoms with E-state index in [4.69, 9.17) is 11.6 Å². The molecular formula is C19H11ClF4N2O. The van der Waals surface area contributed by atoms with Crippen LogP contribution in [0.15, 0.2) is 48.7 Å². The number of ether oxygens (including phenoxy) is 1. The molecule has 3 nitrogen and oxygen atoms in total. The van der Waals surface area contributed by atoms with Crippen LogP contribution in [-0.4, -0.2) is 15.9 Å². The van der Waals surface area contributed by atoms with Gasteiger partial charge < -0.3 is 9.30 Å². The maximum atomic E-state index is 13.5. The van der Waals surface area contributed by atoms with Gasteiger partial charge in [0.15, 0.2) is 5.75 Å². The van der Waals surface area contributed by atoms with Gasteiger partial charge in [0.1, 0.15) is 16.5 Å². The van der Waals surface area contributed by atoms with Crippen LogP contribution in [0.5, 0.6) is 5.75 Å². The smallest absolute Gasteiger partial charge is 0.403 e. The summed E-state index contributed by atoms with van der Waals surface area (Å²) in [7, 11) is 0. The van der Waals surface area contributed by atoms with Gasteiger partial charge in [-0.25, -0.2) is 9.37 Å². The second-order valence-electron chi connectivity index (χ2n) is 5.98. The van der Waals surface area contributed by atoms with Crippen molar-refractivity contribution in [1.29, 1.82) is 0 Å². The lowest BCUT2D eigenvalue weighted by molar-refractivity contribution is -0.274. The van der Waals surface area contributed by atoms with Crippen molar-refractivity contribution < 1.29 is 22.3 Å². The molecule has 0 saturated heterocycles. The summed E-state index contributed by atoms with van der Waals surface area (Å²) < 4.78 is 57.5. The van der Waals surface area contributed by atoms with Gasteiger partial charge in [0, 0.05) is 22.7 Å². The highest BCUT2D eigenvalue weighted by molar-refractivity contribution is 6.35. The normalized spacial score (nSPS) is 12.1. The molecule has 2 aromatic heterocycles. The molecule has 0 atom stereocenters. The van der Waals surface area contributed by atoms with E-state index in [0.717, 1.165) is 0 Å². The highest BCUT2D eigenvalue weighted by atomic mass is 35.5.